The maximum absolute atomic E-state index is 13.0. The van der Waals surface area contributed by atoms with Crippen LogP contribution in [0.5, 0.6) is 0 Å². The monoisotopic (exact) mass is 348 g/mol. The molecule has 1 aromatic heterocycles. The smallest absolute Gasteiger partial charge is 0.274 e. The van der Waals surface area contributed by atoms with Crippen LogP contribution in [0, 0.1) is 0 Å². The van der Waals surface area contributed by atoms with Crippen molar-refractivity contribution >= 4 is 17.7 Å². The number of aryl methyl sites for hydroxylation is 1. The van der Waals surface area contributed by atoms with E-state index in [1.807, 2.05) is 16.6 Å². The normalized spacial score (nSPS) is 23.3. The third-order valence-electron chi connectivity index (χ3n) is 5.88. The summed E-state index contributed by atoms with van der Waals surface area (Å²) in [6, 6.07) is 0.674. The molecule has 0 N–H and O–H groups in total. The highest BCUT2D eigenvalue weighted by atomic mass is 32.2. The fraction of sp³-hybridized carbons (Fsp3) is 0.778. The van der Waals surface area contributed by atoms with Crippen LogP contribution in [0.3, 0.4) is 0 Å². The summed E-state index contributed by atoms with van der Waals surface area (Å²) in [6.07, 6.45) is 6.73. The molecule has 0 unspecified atom stereocenters. The quantitative estimate of drug-likeness (QED) is 0.819. The lowest BCUT2D eigenvalue weighted by molar-refractivity contribution is 0.0623. The molecule has 1 aromatic rings. The average molecular weight is 349 g/mol. The van der Waals surface area contributed by atoms with Crippen LogP contribution in [0.15, 0.2) is 0 Å². The standard InChI is InChI=1S/C18H28N4OS/c1-20-16-5-3-2-4-15(16)17(19-20)18(23)22-8-6-14(7-9-22)21-10-12-24-13-11-21/h14H,2-13H2,1H3. The molecule has 4 rings (SSSR count). The molecule has 2 aliphatic heterocycles. The first-order chi connectivity index (χ1) is 11.7. The molecule has 3 aliphatic rings. The fourth-order valence-electron chi connectivity index (χ4n) is 4.47. The number of hydrogen-bond acceptors (Lipinski definition) is 4. The Kier molecular flexibility index (Phi) is 4.86. The fourth-order valence-corrected chi connectivity index (χ4v) is 5.40. The molecule has 2 saturated heterocycles. The van der Waals surface area contributed by atoms with Gasteiger partial charge in [-0.3, -0.25) is 14.4 Å². The van der Waals surface area contributed by atoms with E-state index >= 15 is 0 Å². The van der Waals surface area contributed by atoms with Gasteiger partial charge in [0.15, 0.2) is 5.69 Å². The van der Waals surface area contributed by atoms with Crippen molar-refractivity contribution < 1.29 is 4.79 Å². The minimum absolute atomic E-state index is 0.168. The van der Waals surface area contributed by atoms with Crippen molar-refractivity contribution in [2.45, 2.75) is 44.6 Å². The van der Waals surface area contributed by atoms with E-state index in [1.165, 1.54) is 48.7 Å². The number of likely N-dealkylation sites (tertiary alicyclic amines) is 1. The molecule has 1 aliphatic carbocycles. The summed E-state index contributed by atoms with van der Waals surface area (Å²) in [6.45, 7) is 4.21. The Morgan fingerprint density at radius 3 is 2.54 bits per heavy atom. The van der Waals surface area contributed by atoms with Gasteiger partial charge in [-0.15, -0.1) is 0 Å². The number of fused-ring (bicyclic) bond motifs is 1. The summed E-state index contributed by atoms with van der Waals surface area (Å²) in [5.41, 5.74) is 3.24. The lowest BCUT2D eigenvalue weighted by Crippen LogP contribution is -2.49. The van der Waals surface area contributed by atoms with E-state index in [4.69, 9.17) is 0 Å². The van der Waals surface area contributed by atoms with Crippen LogP contribution in [-0.4, -0.2) is 69.2 Å². The Morgan fingerprint density at radius 2 is 1.79 bits per heavy atom. The number of carbonyl (C=O) groups is 1. The Morgan fingerprint density at radius 1 is 1.08 bits per heavy atom. The highest BCUT2D eigenvalue weighted by molar-refractivity contribution is 7.99. The van der Waals surface area contributed by atoms with E-state index in [-0.39, 0.29) is 5.91 Å². The van der Waals surface area contributed by atoms with Gasteiger partial charge in [0.1, 0.15) is 0 Å². The first-order valence-electron chi connectivity index (χ1n) is 9.40. The van der Waals surface area contributed by atoms with Crippen LogP contribution in [0.4, 0.5) is 0 Å². The highest BCUT2D eigenvalue weighted by Gasteiger charge is 2.31. The zero-order valence-electron chi connectivity index (χ0n) is 14.7. The van der Waals surface area contributed by atoms with Crippen LogP contribution < -0.4 is 0 Å². The largest absolute Gasteiger partial charge is 0.337 e. The molecule has 0 atom stereocenters. The van der Waals surface area contributed by atoms with Crippen LogP contribution in [-0.2, 0) is 19.9 Å². The molecule has 3 heterocycles. The van der Waals surface area contributed by atoms with Gasteiger partial charge < -0.3 is 4.90 Å². The highest BCUT2D eigenvalue weighted by Crippen LogP contribution is 2.26. The van der Waals surface area contributed by atoms with E-state index in [0.717, 1.165) is 44.5 Å². The predicted molar refractivity (Wildman–Crippen MR) is 97.7 cm³/mol. The van der Waals surface area contributed by atoms with Gasteiger partial charge in [-0.05, 0) is 38.5 Å². The average Bonchev–Trinajstić information content (AvgIpc) is 2.99. The van der Waals surface area contributed by atoms with Gasteiger partial charge in [0.05, 0.1) is 0 Å². The number of carbonyl (C=O) groups excluding carboxylic acids is 1. The second-order valence-electron chi connectivity index (χ2n) is 7.28. The first kappa shape index (κ1) is 16.5. The first-order valence-corrected chi connectivity index (χ1v) is 10.6. The molecule has 132 valence electrons. The molecule has 0 aromatic carbocycles. The third-order valence-corrected chi connectivity index (χ3v) is 6.82. The molecular weight excluding hydrogens is 320 g/mol. The lowest BCUT2D eigenvalue weighted by atomic mass is 9.95. The summed E-state index contributed by atoms with van der Waals surface area (Å²) in [4.78, 5) is 17.7. The van der Waals surface area contributed by atoms with E-state index in [9.17, 15) is 4.79 Å². The number of aromatic nitrogens is 2. The van der Waals surface area contributed by atoms with Gasteiger partial charge >= 0.3 is 0 Å². The zero-order chi connectivity index (χ0) is 16.5. The van der Waals surface area contributed by atoms with Crippen molar-refractivity contribution in [3.8, 4) is 0 Å². The van der Waals surface area contributed by atoms with Crippen molar-refractivity contribution in [2.75, 3.05) is 37.7 Å². The minimum Gasteiger partial charge on any atom is -0.337 e. The molecule has 0 bridgehead atoms. The van der Waals surface area contributed by atoms with Crippen molar-refractivity contribution in [1.29, 1.82) is 0 Å². The zero-order valence-corrected chi connectivity index (χ0v) is 15.5. The Bertz CT molecular complexity index is 600. The Labute approximate surface area is 148 Å². The number of hydrogen-bond donors (Lipinski definition) is 0. The molecule has 24 heavy (non-hydrogen) atoms. The molecule has 5 nitrogen and oxygen atoms in total. The third kappa shape index (κ3) is 3.10. The minimum atomic E-state index is 0.168. The molecule has 0 saturated carbocycles. The molecule has 2 fully saturated rings. The van der Waals surface area contributed by atoms with Crippen molar-refractivity contribution in [2.24, 2.45) is 7.05 Å². The second kappa shape index (κ2) is 7.08. The van der Waals surface area contributed by atoms with Crippen molar-refractivity contribution in [1.82, 2.24) is 19.6 Å². The lowest BCUT2D eigenvalue weighted by Gasteiger charge is -2.40. The van der Waals surface area contributed by atoms with E-state index in [1.54, 1.807) is 0 Å². The molecular formula is C18H28N4OS. The van der Waals surface area contributed by atoms with Gasteiger partial charge in [0.2, 0.25) is 0 Å². The molecule has 6 heteroatoms. The van der Waals surface area contributed by atoms with Crippen molar-refractivity contribution in [3.05, 3.63) is 17.0 Å². The number of piperidine rings is 1. The van der Waals surface area contributed by atoms with E-state index < -0.39 is 0 Å². The Hall–Kier alpha value is -1.01. The van der Waals surface area contributed by atoms with E-state index in [0.29, 0.717) is 6.04 Å². The maximum atomic E-state index is 13.0. The van der Waals surface area contributed by atoms with Crippen LogP contribution in [0.2, 0.25) is 0 Å². The maximum Gasteiger partial charge on any atom is 0.274 e. The van der Waals surface area contributed by atoms with Gasteiger partial charge in [0.25, 0.3) is 5.91 Å². The van der Waals surface area contributed by atoms with Crippen LogP contribution in [0.25, 0.3) is 0 Å². The number of amides is 1. The second-order valence-corrected chi connectivity index (χ2v) is 8.50. The molecule has 0 radical (unpaired) electrons. The topological polar surface area (TPSA) is 41.4 Å². The molecule has 0 spiro atoms. The van der Waals surface area contributed by atoms with Gasteiger partial charge in [0, 0.05) is 62.0 Å². The number of nitrogens with zero attached hydrogens (tertiary/aromatic N) is 4. The summed E-state index contributed by atoms with van der Waals surface area (Å²) in [5.74, 6) is 2.69. The van der Waals surface area contributed by atoms with Crippen LogP contribution in [0.1, 0.15) is 47.4 Å². The SMILES string of the molecule is Cn1nc(C(=O)N2CCC(N3CCSCC3)CC2)c2c1CCCC2. The number of thioether (sulfide) groups is 1. The van der Waals surface area contributed by atoms with E-state index in [2.05, 4.69) is 21.8 Å². The summed E-state index contributed by atoms with van der Waals surface area (Å²) >= 11 is 2.06. The van der Waals surface area contributed by atoms with Gasteiger partial charge in [-0.1, -0.05) is 0 Å². The van der Waals surface area contributed by atoms with Crippen molar-refractivity contribution in [3.63, 3.8) is 0 Å². The summed E-state index contributed by atoms with van der Waals surface area (Å²) in [7, 11) is 1.99. The summed E-state index contributed by atoms with van der Waals surface area (Å²) < 4.78 is 1.94. The molecule has 1 amide bonds. The van der Waals surface area contributed by atoms with Crippen LogP contribution >= 0.6 is 11.8 Å². The number of rotatable bonds is 2. The van der Waals surface area contributed by atoms with Gasteiger partial charge in [-0.2, -0.15) is 16.9 Å². The Balaban J connectivity index is 1.41. The van der Waals surface area contributed by atoms with Gasteiger partial charge in [-0.25, -0.2) is 0 Å². The summed E-state index contributed by atoms with van der Waals surface area (Å²) in [5, 5.41) is 4.59. The predicted octanol–water partition coefficient (Wildman–Crippen LogP) is 1.95.